The van der Waals surface area contributed by atoms with Crippen molar-refractivity contribution in [3.63, 3.8) is 0 Å². The van der Waals surface area contributed by atoms with Gasteiger partial charge in [-0.15, -0.1) is 0 Å². The highest BCUT2D eigenvalue weighted by atomic mass is 16.1. The molecule has 4 aromatic carbocycles. The molecule has 0 aliphatic carbocycles. The summed E-state index contributed by atoms with van der Waals surface area (Å²) in [7, 11) is 0. The van der Waals surface area contributed by atoms with Gasteiger partial charge in [0.05, 0.1) is 0 Å². The maximum atomic E-state index is 11.7. The van der Waals surface area contributed by atoms with E-state index in [1.54, 1.807) is 12.1 Å². The van der Waals surface area contributed by atoms with Gasteiger partial charge < -0.3 is 10.6 Å². The van der Waals surface area contributed by atoms with Crippen LogP contribution in [0.2, 0.25) is 0 Å². The van der Waals surface area contributed by atoms with Crippen LogP contribution in [-0.4, -0.2) is 5.91 Å². The summed E-state index contributed by atoms with van der Waals surface area (Å²) >= 11 is 0. The third kappa shape index (κ3) is 6.15. The Morgan fingerprint density at radius 1 is 0.464 bits per heavy atom. The molecule has 3 heteroatoms. The van der Waals surface area contributed by atoms with Crippen LogP contribution in [0.15, 0.2) is 121 Å². The minimum Gasteiger partial charge on any atom is -0.356 e. The Kier molecular flexibility index (Phi) is 6.99. The summed E-state index contributed by atoms with van der Waals surface area (Å²) in [5.74, 6) is -0.0817. The molecule has 0 aliphatic rings. The van der Waals surface area contributed by atoms with E-state index in [9.17, 15) is 4.79 Å². The Balaban J connectivity index is 0.000000162. The summed E-state index contributed by atoms with van der Waals surface area (Å²) in [4.78, 5) is 11.7. The van der Waals surface area contributed by atoms with Gasteiger partial charge in [-0.1, -0.05) is 72.8 Å². The van der Waals surface area contributed by atoms with Gasteiger partial charge in [0.2, 0.25) is 0 Å². The molecule has 0 saturated heterocycles. The molecule has 3 nitrogen and oxygen atoms in total. The number of hydrogen-bond donors (Lipinski definition) is 2. The van der Waals surface area contributed by atoms with Gasteiger partial charge in [0.15, 0.2) is 0 Å². The molecule has 4 aromatic rings. The smallest absolute Gasteiger partial charge is 0.255 e. The molecular weight excluding hydrogens is 344 g/mol. The van der Waals surface area contributed by atoms with E-state index in [4.69, 9.17) is 0 Å². The quantitative estimate of drug-likeness (QED) is 0.441. The highest BCUT2D eigenvalue weighted by Crippen LogP contribution is 2.14. The first-order chi connectivity index (χ1) is 13.8. The summed E-state index contributed by atoms with van der Waals surface area (Å²) in [6, 6.07) is 38.9. The van der Waals surface area contributed by atoms with Crippen LogP contribution in [0.3, 0.4) is 0 Å². The first-order valence-corrected chi connectivity index (χ1v) is 9.10. The van der Waals surface area contributed by atoms with Gasteiger partial charge in [-0.3, -0.25) is 4.79 Å². The number of anilines is 3. The van der Waals surface area contributed by atoms with Crippen molar-refractivity contribution >= 4 is 23.0 Å². The average molecular weight is 366 g/mol. The lowest BCUT2D eigenvalue weighted by atomic mass is 10.2. The molecule has 0 radical (unpaired) electrons. The third-order valence-corrected chi connectivity index (χ3v) is 3.90. The third-order valence-electron chi connectivity index (χ3n) is 3.90. The molecular formula is C25H22N2O. The Bertz CT molecular complexity index is 919. The SMILES string of the molecule is O=C(Nc1ccccc1)c1ccccc1.c1ccc(Nc2ccccc2)cc1. The second kappa shape index (κ2) is 10.3. The summed E-state index contributed by atoms with van der Waals surface area (Å²) in [6.45, 7) is 0. The molecule has 0 spiro atoms. The van der Waals surface area contributed by atoms with Crippen molar-refractivity contribution in [2.75, 3.05) is 10.6 Å². The predicted octanol–water partition coefficient (Wildman–Crippen LogP) is 6.37. The number of carbonyl (C=O) groups is 1. The van der Waals surface area contributed by atoms with Gasteiger partial charge in [-0.25, -0.2) is 0 Å². The van der Waals surface area contributed by atoms with Crippen molar-refractivity contribution in [1.82, 2.24) is 0 Å². The summed E-state index contributed by atoms with van der Waals surface area (Å²) in [5.41, 5.74) is 3.72. The van der Waals surface area contributed by atoms with Crippen molar-refractivity contribution in [2.45, 2.75) is 0 Å². The Morgan fingerprint density at radius 2 is 0.821 bits per heavy atom. The van der Waals surface area contributed by atoms with Crippen LogP contribution in [0.4, 0.5) is 17.1 Å². The fourth-order valence-corrected chi connectivity index (χ4v) is 2.52. The van der Waals surface area contributed by atoms with Crippen molar-refractivity contribution in [3.8, 4) is 0 Å². The lowest BCUT2D eigenvalue weighted by Gasteiger charge is -2.04. The average Bonchev–Trinajstić information content (AvgIpc) is 2.77. The van der Waals surface area contributed by atoms with E-state index in [-0.39, 0.29) is 5.91 Å². The molecule has 28 heavy (non-hydrogen) atoms. The van der Waals surface area contributed by atoms with E-state index in [2.05, 4.69) is 10.6 Å². The van der Waals surface area contributed by atoms with Gasteiger partial charge in [0.1, 0.15) is 0 Å². The minimum atomic E-state index is -0.0817. The molecule has 138 valence electrons. The van der Waals surface area contributed by atoms with Crippen molar-refractivity contribution in [2.24, 2.45) is 0 Å². The molecule has 2 N–H and O–H groups in total. The zero-order valence-corrected chi connectivity index (χ0v) is 15.5. The van der Waals surface area contributed by atoms with E-state index in [0.29, 0.717) is 5.56 Å². The standard InChI is InChI=1S/C13H11NO.C12H11N/c15-13(11-7-3-1-4-8-11)14-12-9-5-2-6-10-12;1-3-7-11(8-4-1)13-12-9-5-2-6-10-12/h1-10H,(H,14,15);1-10,13H. The zero-order chi connectivity index (χ0) is 19.4. The second-order valence-electron chi connectivity index (χ2n) is 6.04. The normalized spacial score (nSPS) is 9.57. The van der Waals surface area contributed by atoms with Crippen molar-refractivity contribution in [1.29, 1.82) is 0 Å². The minimum absolute atomic E-state index is 0.0817. The fourth-order valence-electron chi connectivity index (χ4n) is 2.52. The fraction of sp³-hybridized carbons (Fsp3) is 0. The number of carbonyl (C=O) groups excluding carboxylic acids is 1. The topological polar surface area (TPSA) is 41.1 Å². The van der Waals surface area contributed by atoms with Crippen LogP contribution in [0, 0.1) is 0 Å². The van der Waals surface area contributed by atoms with Crippen LogP contribution in [0.25, 0.3) is 0 Å². The number of rotatable bonds is 4. The van der Waals surface area contributed by atoms with E-state index >= 15 is 0 Å². The highest BCUT2D eigenvalue weighted by molar-refractivity contribution is 6.04. The Morgan fingerprint density at radius 3 is 1.25 bits per heavy atom. The molecule has 4 rings (SSSR count). The number of hydrogen-bond acceptors (Lipinski definition) is 2. The number of benzene rings is 4. The lowest BCUT2D eigenvalue weighted by molar-refractivity contribution is 0.102. The zero-order valence-electron chi connectivity index (χ0n) is 15.5. The summed E-state index contributed by atoms with van der Waals surface area (Å²) < 4.78 is 0. The van der Waals surface area contributed by atoms with Crippen LogP contribution in [0.5, 0.6) is 0 Å². The van der Waals surface area contributed by atoms with Crippen LogP contribution < -0.4 is 10.6 Å². The van der Waals surface area contributed by atoms with E-state index in [0.717, 1.165) is 17.1 Å². The number of para-hydroxylation sites is 3. The van der Waals surface area contributed by atoms with E-state index < -0.39 is 0 Å². The Labute approximate surface area is 165 Å². The largest absolute Gasteiger partial charge is 0.356 e. The molecule has 0 fully saturated rings. The van der Waals surface area contributed by atoms with Gasteiger partial charge in [0.25, 0.3) is 5.91 Å². The molecule has 0 heterocycles. The Hall–Kier alpha value is -3.85. The first kappa shape index (κ1) is 18.9. The number of nitrogens with one attached hydrogen (secondary N) is 2. The summed E-state index contributed by atoms with van der Waals surface area (Å²) in [6.07, 6.45) is 0. The van der Waals surface area contributed by atoms with Crippen molar-refractivity contribution < 1.29 is 4.79 Å². The van der Waals surface area contributed by atoms with E-state index in [1.807, 2.05) is 109 Å². The van der Waals surface area contributed by atoms with Crippen molar-refractivity contribution in [3.05, 3.63) is 127 Å². The monoisotopic (exact) mass is 366 g/mol. The maximum Gasteiger partial charge on any atom is 0.255 e. The van der Waals surface area contributed by atoms with Gasteiger partial charge in [-0.05, 0) is 48.5 Å². The molecule has 0 unspecified atom stereocenters. The molecule has 0 atom stereocenters. The first-order valence-electron chi connectivity index (χ1n) is 9.10. The molecule has 0 aromatic heterocycles. The molecule has 0 bridgehead atoms. The molecule has 1 amide bonds. The van der Waals surface area contributed by atoms with Crippen LogP contribution in [0.1, 0.15) is 10.4 Å². The summed E-state index contributed by atoms with van der Waals surface area (Å²) in [5, 5.41) is 6.12. The maximum absolute atomic E-state index is 11.7. The van der Waals surface area contributed by atoms with Gasteiger partial charge in [0, 0.05) is 22.6 Å². The second-order valence-corrected chi connectivity index (χ2v) is 6.04. The van der Waals surface area contributed by atoms with Crippen LogP contribution >= 0.6 is 0 Å². The van der Waals surface area contributed by atoms with Gasteiger partial charge >= 0.3 is 0 Å². The highest BCUT2D eigenvalue weighted by Gasteiger charge is 2.03. The predicted molar refractivity (Wildman–Crippen MR) is 117 cm³/mol. The van der Waals surface area contributed by atoms with E-state index in [1.165, 1.54) is 0 Å². The lowest BCUT2D eigenvalue weighted by Crippen LogP contribution is -2.11. The van der Waals surface area contributed by atoms with Gasteiger partial charge in [-0.2, -0.15) is 0 Å². The molecule has 0 saturated carbocycles. The number of amides is 1. The molecule has 0 aliphatic heterocycles. The van der Waals surface area contributed by atoms with Crippen LogP contribution in [-0.2, 0) is 0 Å².